The molecule has 0 aliphatic heterocycles. The minimum atomic E-state index is -0.896. The molecule has 4 heteroatoms. The van der Waals surface area contributed by atoms with Crippen molar-refractivity contribution < 1.29 is 9.90 Å². The lowest BCUT2D eigenvalue weighted by atomic mass is 9.92. The van der Waals surface area contributed by atoms with E-state index >= 15 is 0 Å². The molecule has 1 heterocycles. The first-order chi connectivity index (χ1) is 9.70. The van der Waals surface area contributed by atoms with Crippen LogP contribution in [0.1, 0.15) is 63.1 Å². The van der Waals surface area contributed by atoms with E-state index in [-0.39, 0.29) is 11.3 Å². The largest absolute Gasteiger partial charge is 0.478 e. The molecule has 0 spiro atoms. The van der Waals surface area contributed by atoms with Crippen molar-refractivity contribution in [1.29, 1.82) is 0 Å². The van der Waals surface area contributed by atoms with E-state index in [1.165, 1.54) is 0 Å². The third-order valence-electron chi connectivity index (χ3n) is 3.63. The smallest absolute Gasteiger partial charge is 0.337 e. The van der Waals surface area contributed by atoms with Gasteiger partial charge in [-0.15, -0.1) is 0 Å². The van der Waals surface area contributed by atoms with Crippen LogP contribution in [0.4, 0.5) is 0 Å². The number of fused-ring (bicyclic) bond motifs is 1. The summed E-state index contributed by atoms with van der Waals surface area (Å²) in [7, 11) is 0. The van der Waals surface area contributed by atoms with Crippen LogP contribution in [-0.2, 0) is 6.54 Å². The average molecular weight is 288 g/mol. The third kappa shape index (κ3) is 3.26. The summed E-state index contributed by atoms with van der Waals surface area (Å²) in [6.07, 6.45) is 0.978. The molecule has 0 amide bonds. The Hall–Kier alpha value is -1.84. The van der Waals surface area contributed by atoms with Crippen molar-refractivity contribution in [2.24, 2.45) is 5.41 Å². The number of imidazole rings is 1. The summed E-state index contributed by atoms with van der Waals surface area (Å²) in [6.45, 7) is 11.6. The number of hydrogen-bond donors (Lipinski definition) is 1. The molecule has 2 rings (SSSR count). The number of aromatic carboxylic acids is 1. The van der Waals surface area contributed by atoms with E-state index in [1.54, 1.807) is 12.1 Å². The molecule has 1 aromatic carbocycles. The first-order valence-corrected chi connectivity index (χ1v) is 7.43. The topological polar surface area (TPSA) is 55.1 Å². The zero-order valence-electron chi connectivity index (χ0n) is 13.5. The van der Waals surface area contributed by atoms with Gasteiger partial charge in [-0.25, -0.2) is 9.78 Å². The van der Waals surface area contributed by atoms with Gasteiger partial charge in [-0.2, -0.15) is 0 Å². The Morgan fingerprint density at radius 3 is 2.52 bits per heavy atom. The molecule has 21 heavy (non-hydrogen) atoms. The average Bonchev–Trinajstić information content (AvgIpc) is 2.73. The quantitative estimate of drug-likeness (QED) is 0.912. The second-order valence-corrected chi connectivity index (χ2v) is 7.07. The monoisotopic (exact) mass is 288 g/mol. The number of benzene rings is 1. The number of hydrogen-bond acceptors (Lipinski definition) is 2. The van der Waals surface area contributed by atoms with E-state index in [9.17, 15) is 9.90 Å². The summed E-state index contributed by atoms with van der Waals surface area (Å²) in [5, 5.41) is 9.44. The molecule has 0 bridgehead atoms. The predicted molar refractivity (Wildman–Crippen MR) is 84.9 cm³/mol. The van der Waals surface area contributed by atoms with Crippen molar-refractivity contribution in [3.05, 3.63) is 29.6 Å². The highest BCUT2D eigenvalue weighted by atomic mass is 16.4. The van der Waals surface area contributed by atoms with Gasteiger partial charge in [0.25, 0.3) is 0 Å². The first kappa shape index (κ1) is 15.5. The van der Waals surface area contributed by atoms with Crippen molar-refractivity contribution in [2.75, 3.05) is 0 Å². The lowest BCUT2D eigenvalue weighted by molar-refractivity contribution is 0.0698. The van der Waals surface area contributed by atoms with Crippen molar-refractivity contribution in [3.63, 3.8) is 0 Å². The first-order valence-electron chi connectivity index (χ1n) is 7.43. The molecule has 0 saturated carbocycles. The number of carboxylic acids is 1. The Kier molecular flexibility index (Phi) is 4.08. The van der Waals surface area contributed by atoms with Crippen LogP contribution in [0, 0.1) is 5.41 Å². The van der Waals surface area contributed by atoms with Crippen molar-refractivity contribution in [1.82, 2.24) is 9.55 Å². The number of carbonyl (C=O) groups is 1. The van der Waals surface area contributed by atoms with Gasteiger partial charge in [0.05, 0.1) is 16.6 Å². The molecule has 1 aromatic heterocycles. The van der Waals surface area contributed by atoms with Gasteiger partial charge in [-0.05, 0) is 24.0 Å². The van der Waals surface area contributed by atoms with Crippen molar-refractivity contribution >= 4 is 17.0 Å². The maximum absolute atomic E-state index is 11.5. The fraction of sp³-hybridized carbons (Fsp3) is 0.529. The van der Waals surface area contributed by atoms with Crippen LogP contribution in [0.2, 0.25) is 0 Å². The van der Waals surface area contributed by atoms with Crippen LogP contribution in [0.5, 0.6) is 0 Å². The summed E-state index contributed by atoms with van der Waals surface area (Å²) in [5.41, 5.74) is 2.05. The van der Waals surface area contributed by atoms with E-state index in [2.05, 4.69) is 44.2 Å². The second-order valence-electron chi connectivity index (χ2n) is 7.07. The second kappa shape index (κ2) is 5.51. The summed E-state index contributed by atoms with van der Waals surface area (Å²) >= 11 is 0. The Labute approximate surface area is 125 Å². The number of aryl methyl sites for hydroxylation is 1. The van der Waals surface area contributed by atoms with E-state index in [0.29, 0.717) is 5.56 Å². The Morgan fingerprint density at radius 2 is 2.00 bits per heavy atom. The summed E-state index contributed by atoms with van der Waals surface area (Å²) in [4.78, 5) is 16.2. The number of rotatable bonds is 4. The lowest BCUT2D eigenvalue weighted by Gasteiger charge is -2.20. The van der Waals surface area contributed by atoms with Gasteiger partial charge < -0.3 is 9.67 Å². The van der Waals surface area contributed by atoms with Gasteiger partial charge >= 0.3 is 5.97 Å². The number of aromatic nitrogens is 2. The normalized spacial score (nSPS) is 12.3. The Balaban J connectivity index is 2.62. The Bertz CT molecular complexity index is 663. The highest BCUT2D eigenvalue weighted by Crippen LogP contribution is 2.28. The molecule has 0 unspecified atom stereocenters. The van der Waals surface area contributed by atoms with Crippen LogP contribution < -0.4 is 0 Å². The van der Waals surface area contributed by atoms with Crippen LogP contribution >= 0.6 is 0 Å². The van der Waals surface area contributed by atoms with Crippen LogP contribution in [0.15, 0.2) is 18.2 Å². The highest BCUT2D eigenvalue weighted by molar-refractivity contribution is 6.01. The molecule has 2 aromatic rings. The van der Waals surface area contributed by atoms with Gasteiger partial charge in [-0.1, -0.05) is 40.7 Å². The number of nitrogens with zero attached hydrogens (tertiary/aromatic N) is 2. The fourth-order valence-corrected chi connectivity index (χ4v) is 2.49. The fourth-order valence-electron chi connectivity index (χ4n) is 2.49. The summed E-state index contributed by atoms with van der Waals surface area (Å²) in [5.74, 6) is 0.328. The molecule has 0 aliphatic carbocycles. The van der Waals surface area contributed by atoms with Crippen LogP contribution in [0.25, 0.3) is 11.0 Å². The molecular formula is C17H24N2O2. The minimum absolute atomic E-state index is 0.197. The van der Waals surface area contributed by atoms with Crippen LogP contribution in [0.3, 0.4) is 0 Å². The van der Waals surface area contributed by atoms with E-state index in [4.69, 9.17) is 0 Å². The van der Waals surface area contributed by atoms with Gasteiger partial charge in [0.2, 0.25) is 0 Å². The highest BCUT2D eigenvalue weighted by Gasteiger charge is 2.20. The zero-order valence-corrected chi connectivity index (χ0v) is 13.5. The molecule has 0 fully saturated rings. The summed E-state index contributed by atoms with van der Waals surface area (Å²) < 4.78 is 2.09. The minimum Gasteiger partial charge on any atom is -0.478 e. The molecule has 4 nitrogen and oxygen atoms in total. The van der Waals surface area contributed by atoms with Gasteiger partial charge in [0.15, 0.2) is 0 Å². The standard InChI is InChI=1S/C17H24N2O2/c1-11(2)15-18-13-8-6-7-12(16(20)21)14(13)19(15)10-9-17(3,4)5/h6-8,11H,9-10H2,1-5H3,(H,20,21). The van der Waals surface area contributed by atoms with E-state index in [0.717, 1.165) is 29.8 Å². The predicted octanol–water partition coefficient (Wildman–Crippen LogP) is 4.29. The van der Waals surface area contributed by atoms with Crippen molar-refractivity contribution in [2.45, 2.75) is 53.5 Å². The van der Waals surface area contributed by atoms with Gasteiger partial charge in [0, 0.05) is 12.5 Å². The zero-order chi connectivity index (χ0) is 15.8. The van der Waals surface area contributed by atoms with Crippen molar-refractivity contribution in [3.8, 4) is 0 Å². The maximum Gasteiger partial charge on any atom is 0.337 e. The van der Waals surface area contributed by atoms with Gasteiger partial charge in [0.1, 0.15) is 5.82 Å². The molecule has 114 valence electrons. The molecular weight excluding hydrogens is 264 g/mol. The van der Waals surface area contributed by atoms with Gasteiger partial charge in [-0.3, -0.25) is 0 Å². The number of para-hydroxylation sites is 1. The lowest BCUT2D eigenvalue weighted by Crippen LogP contribution is -2.14. The summed E-state index contributed by atoms with van der Waals surface area (Å²) in [6, 6.07) is 5.31. The Morgan fingerprint density at radius 1 is 1.33 bits per heavy atom. The molecule has 1 N–H and O–H groups in total. The molecule has 0 radical (unpaired) electrons. The van der Waals surface area contributed by atoms with E-state index < -0.39 is 5.97 Å². The van der Waals surface area contributed by atoms with E-state index in [1.807, 2.05) is 6.07 Å². The van der Waals surface area contributed by atoms with Crippen LogP contribution in [-0.4, -0.2) is 20.6 Å². The maximum atomic E-state index is 11.5. The molecule has 0 atom stereocenters. The molecule has 0 saturated heterocycles. The SMILES string of the molecule is CC(C)c1nc2cccc(C(=O)O)c2n1CCC(C)(C)C. The third-order valence-corrected chi connectivity index (χ3v) is 3.63. The molecule has 0 aliphatic rings. The number of carboxylic acid groups (broad SMARTS) is 1.